The van der Waals surface area contributed by atoms with E-state index in [4.69, 9.17) is 5.09 Å². The molecular weight excluding hydrogens is 307 g/mol. The zero-order chi connectivity index (χ0) is 17.6. The zero-order valence-corrected chi connectivity index (χ0v) is 18.1. The van der Waals surface area contributed by atoms with Gasteiger partial charge in [0.2, 0.25) is 0 Å². The summed E-state index contributed by atoms with van der Waals surface area (Å²) in [6.45, 7) is 20.7. The average molecular weight is 339 g/mol. The molecule has 1 aliphatic heterocycles. The maximum atomic E-state index is 5.20. The van der Waals surface area contributed by atoms with Gasteiger partial charge in [-0.05, 0) is 47.0 Å². The fourth-order valence-electron chi connectivity index (χ4n) is 2.90. The molecule has 0 radical (unpaired) electrons. The molecule has 0 unspecified atom stereocenters. The minimum Gasteiger partial charge on any atom is -0.607 e. The zero-order valence-electron chi connectivity index (χ0n) is 17.3. The fraction of sp³-hybridized carbons (Fsp3) is 0.667. The molecule has 0 saturated carbocycles. The molecule has 1 aromatic rings. The van der Waals surface area contributed by atoms with Crippen LogP contribution >= 0.6 is 8.37 Å². The third-order valence-corrected chi connectivity index (χ3v) is 6.90. The second-order valence-corrected chi connectivity index (χ2v) is 11.0. The number of hydrogen-bond donors (Lipinski definition) is 0. The third kappa shape index (κ3) is 4.88. The maximum absolute atomic E-state index is 5.20. The van der Waals surface area contributed by atoms with Gasteiger partial charge in [0.15, 0.2) is 0 Å². The molecule has 0 amide bonds. The molecule has 128 valence electrons. The smallest absolute Gasteiger partial charge is 0.607 e. The third-order valence-electron chi connectivity index (χ3n) is 3.71. The van der Waals surface area contributed by atoms with E-state index < -0.39 is 8.37 Å². The van der Waals surface area contributed by atoms with E-state index in [1.54, 1.807) is 0 Å². The molecule has 6 heteroatoms. The van der Waals surface area contributed by atoms with E-state index in [0.29, 0.717) is 6.98 Å². The molecule has 0 spiro atoms. The van der Waals surface area contributed by atoms with E-state index in [-0.39, 0.29) is 35.5 Å². The Bertz CT molecular complexity index is 512. The van der Waals surface area contributed by atoms with Gasteiger partial charge in [-0.1, -0.05) is 59.5 Å². The van der Waals surface area contributed by atoms with E-state index >= 15 is 0 Å². The predicted molar refractivity (Wildman–Crippen MR) is 105 cm³/mol. The van der Waals surface area contributed by atoms with Gasteiger partial charge in [0.1, 0.15) is 0 Å². The molecule has 0 N–H and O–H groups in total. The Kier molecular flexibility index (Phi) is 6.89. The Balaban J connectivity index is 0.00000288. The molecule has 2 rings (SSSR count). The van der Waals surface area contributed by atoms with Crippen LogP contribution in [-0.4, -0.2) is 32.8 Å². The van der Waals surface area contributed by atoms with Crippen molar-refractivity contribution in [2.24, 2.45) is 0 Å². The van der Waals surface area contributed by atoms with E-state index in [1.807, 2.05) is 0 Å². The molecule has 3 nitrogen and oxygen atoms in total. The van der Waals surface area contributed by atoms with Crippen molar-refractivity contribution in [3.05, 3.63) is 35.4 Å². The van der Waals surface area contributed by atoms with Crippen molar-refractivity contribution < 1.29 is 18.9 Å². The van der Waals surface area contributed by atoms with Crippen molar-refractivity contribution >= 4 is 20.8 Å². The van der Waals surface area contributed by atoms with Gasteiger partial charge in [0.25, 0.3) is 0 Å². The van der Waals surface area contributed by atoms with Crippen molar-refractivity contribution in [2.45, 2.75) is 78.9 Å². The summed E-state index contributed by atoms with van der Waals surface area (Å²) < 4.78 is 5.21. The first kappa shape index (κ1) is 22.2. The van der Waals surface area contributed by atoms with E-state index in [9.17, 15) is 0 Å². The number of benzene rings is 1. The predicted octanol–water partition coefficient (Wildman–Crippen LogP) is 2.00. The van der Waals surface area contributed by atoms with Gasteiger partial charge in [-0.15, -0.1) is 5.54 Å². The van der Waals surface area contributed by atoms with Crippen LogP contribution < -0.4 is 24.3 Å². The average Bonchev–Trinajstić information content (AvgIpc) is 2.30. The molecule has 1 fully saturated rings. The topological polar surface area (TPSA) is 20.6 Å². The summed E-state index contributed by atoms with van der Waals surface area (Å²) in [4.78, 5) is 0. The van der Waals surface area contributed by atoms with E-state index in [2.05, 4.69) is 102 Å². The molecular formula is C18H32BLiN3P. The van der Waals surface area contributed by atoms with Gasteiger partial charge >= 0.3 is 25.8 Å². The minimum atomic E-state index is -0.660. The van der Waals surface area contributed by atoms with Crippen LogP contribution in [0, 0.1) is 0 Å². The van der Waals surface area contributed by atoms with Gasteiger partial charge in [-0.3, -0.25) is 0 Å². The fourth-order valence-corrected chi connectivity index (χ4v) is 5.62. The Morgan fingerprint density at radius 1 is 0.792 bits per heavy atom. The Hall–Kier alpha value is 0.192. The number of hydrogen-bond acceptors (Lipinski definition) is 2. The molecule has 1 aliphatic rings. The summed E-state index contributed by atoms with van der Waals surface area (Å²) in [7, 11) is -0.660. The molecule has 0 aromatic heterocycles. The maximum Gasteiger partial charge on any atom is 1.00 e. The first-order valence-corrected chi connectivity index (χ1v) is 9.69. The van der Waals surface area contributed by atoms with Gasteiger partial charge in [0.05, 0.1) is 0 Å². The summed E-state index contributed by atoms with van der Waals surface area (Å²) in [5.74, 6) is 0. The van der Waals surface area contributed by atoms with Crippen molar-refractivity contribution in [3.8, 4) is 0 Å². The van der Waals surface area contributed by atoms with Crippen LogP contribution in [0.2, 0.25) is 0 Å². The molecule has 24 heavy (non-hydrogen) atoms. The largest absolute Gasteiger partial charge is 1.00 e. The molecule has 0 bridgehead atoms. The molecule has 0 aliphatic carbocycles. The van der Waals surface area contributed by atoms with E-state index in [0.717, 1.165) is 0 Å². The Labute approximate surface area is 163 Å². The quantitative estimate of drug-likeness (QED) is 0.607. The molecule has 1 heterocycles. The van der Waals surface area contributed by atoms with E-state index in [1.165, 1.54) is 5.46 Å². The van der Waals surface area contributed by atoms with Gasteiger partial charge in [-0.2, -0.15) is 0 Å². The minimum absolute atomic E-state index is 0. The van der Waals surface area contributed by atoms with Crippen molar-refractivity contribution in [1.82, 2.24) is 9.16 Å². The normalized spacial score (nSPS) is 18.3. The van der Waals surface area contributed by atoms with Crippen LogP contribution in [0.4, 0.5) is 0 Å². The second kappa shape index (κ2) is 7.44. The summed E-state index contributed by atoms with van der Waals surface area (Å²) in [5.41, 5.74) is 1.51. The van der Waals surface area contributed by atoms with Crippen LogP contribution in [0.5, 0.6) is 0 Å². The first-order chi connectivity index (χ1) is 10.3. The monoisotopic (exact) mass is 339 g/mol. The number of nitrogens with zero attached hydrogens (tertiary/aromatic N) is 3. The van der Waals surface area contributed by atoms with Gasteiger partial charge in [0, 0.05) is 11.1 Å². The Morgan fingerprint density at radius 3 is 1.54 bits per heavy atom. The van der Waals surface area contributed by atoms with Crippen molar-refractivity contribution in [3.63, 3.8) is 0 Å². The molecule has 0 atom stereocenters. The summed E-state index contributed by atoms with van der Waals surface area (Å²) >= 11 is 0. The summed E-state index contributed by atoms with van der Waals surface area (Å²) in [6.07, 6.45) is 0. The van der Waals surface area contributed by atoms with Crippen molar-refractivity contribution in [2.75, 3.05) is 0 Å². The number of rotatable bonds is 2. The SMILES string of the molecule is CC(C)(C)[N-]P1N(C(C)(C)C)B(c2ccccc2)N1C(C)(C)C.[Li+]. The van der Waals surface area contributed by atoms with Crippen LogP contribution in [0.3, 0.4) is 0 Å². The van der Waals surface area contributed by atoms with Crippen LogP contribution in [0.1, 0.15) is 62.3 Å². The van der Waals surface area contributed by atoms with Gasteiger partial charge < -0.3 is 14.3 Å². The van der Waals surface area contributed by atoms with Crippen LogP contribution in [0.15, 0.2) is 30.3 Å². The van der Waals surface area contributed by atoms with Crippen molar-refractivity contribution in [1.29, 1.82) is 0 Å². The second-order valence-electron chi connectivity index (χ2n) is 9.35. The standard InChI is InChI=1S/C18H32BN3P.Li/c1-16(2,3)20-23-21(17(4,5)6)19(22(23)18(7,8)9)15-13-11-10-12-14-15;/h10-14H,1-9H3;/q-1;+1. The molecule has 1 aromatic carbocycles. The van der Waals surface area contributed by atoms with Crippen LogP contribution in [-0.2, 0) is 0 Å². The van der Waals surface area contributed by atoms with Crippen LogP contribution in [0.25, 0.3) is 5.09 Å². The summed E-state index contributed by atoms with van der Waals surface area (Å²) in [5, 5.41) is 5.20. The van der Waals surface area contributed by atoms with Gasteiger partial charge in [-0.25, -0.2) is 0 Å². The summed E-state index contributed by atoms with van der Waals surface area (Å²) in [6, 6.07) is 10.8. The first-order valence-electron chi connectivity index (χ1n) is 8.49. The Morgan fingerprint density at radius 2 is 1.21 bits per heavy atom. The molecule has 1 saturated heterocycles.